The first-order chi connectivity index (χ1) is 12.3. The van der Waals surface area contributed by atoms with Crippen LogP contribution in [-0.4, -0.2) is 30.1 Å². The Labute approximate surface area is 156 Å². The summed E-state index contributed by atoms with van der Waals surface area (Å²) in [6, 6.07) is 14.5. The quantitative estimate of drug-likeness (QED) is 0.700. The first-order valence-electron chi connectivity index (χ1n) is 7.95. The number of hydrogen-bond acceptors (Lipinski definition) is 4. The molecular formula is C18H18ClN3O3S. The lowest BCUT2D eigenvalue weighted by atomic mass is 10.2. The van der Waals surface area contributed by atoms with Crippen LogP contribution >= 0.6 is 11.6 Å². The summed E-state index contributed by atoms with van der Waals surface area (Å²) in [5, 5.41) is 3.43. The Morgan fingerprint density at radius 2 is 1.96 bits per heavy atom. The second kappa shape index (κ2) is 7.47. The highest BCUT2D eigenvalue weighted by molar-refractivity contribution is 7.89. The van der Waals surface area contributed by atoms with Gasteiger partial charge >= 0.3 is 0 Å². The number of carbonyl (C=O) groups excluding carboxylic acids is 1. The topological polar surface area (TPSA) is 81.1 Å². The molecule has 1 amide bonds. The second-order valence-electron chi connectivity index (χ2n) is 6.08. The van der Waals surface area contributed by atoms with Gasteiger partial charge in [-0.1, -0.05) is 35.9 Å². The maximum atomic E-state index is 12.4. The smallest absolute Gasteiger partial charge is 0.240 e. The molecule has 0 radical (unpaired) electrons. The molecule has 0 aliphatic rings. The van der Waals surface area contributed by atoms with Crippen molar-refractivity contribution >= 4 is 38.4 Å². The van der Waals surface area contributed by atoms with Gasteiger partial charge in [-0.25, -0.2) is 13.4 Å². The fourth-order valence-electron chi connectivity index (χ4n) is 2.69. The van der Waals surface area contributed by atoms with Gasteiger partial charge in [0.1, 0.15) is 18.1 Å². The van der Waals surface area contributed by atoms with E-state index in [1.807, 2.05) is 30.3 Å². The van der Waals surface area contributed by atoms with Crippen molar-refractivity contribution in [1.82, 2.24) is 14.9 Å². The summed E-state index contributed by atoms with van der Waals surface area (Å²) in [7, 11) is -3.27. The van der Waals surface area contributed by atoms with Gasteiger partial charge in [-0.15, -0.1) is 0 Å². The van der Waals surface area contributed by atoms with Crippen molar-refractivity contribution in [3.05, 3.63) is 64.9 Å². The number of imidazole rings is 1. The molecule has 0 bridgehead atoms. The fraction of sp³-hybridized carbons (Fsp3) is 0.222. The summed E-state index contributed by atoms with van der Waals surface area (Å²) in [5.41, 5.74) is 2.27. The molecule has 6 nitrogen and oxygen atoms in total. The number of amides is 1. The van der Waals surface area contributed by atoms with Gasteiger partial charge < -0.3 is 9.88 Å². The standard InChI is InChI=1S/C18H18ClN3O3S/c1-26(24,25)12-17-21-15-7-2-3-8-16(15)22(17)11-18(23)20-10-13-5-4-6-14(19)9-13/h2-9H,10-12H2,1H3,(H,20,23). The minimum Gasteiger partial charge on any atom is -0.350 e. The van der Waals surface area contributed by atoms with Gasteiger partial charge in [0, 0.05) is 17.8 Å². The largest absolute Gasteiger partial charge is 0.350 e. The average Bonchev–Trinajstić information content (AvgIpc) is 2.89. The van der Waals surface area contributed by atoms with E-state index in [1.165, 1.54) is 0 Å². The van der Waals surface area contributed by atoms with Gasteiger partial charge in [-0.3, -0.25) is 4.79 Å². The van der Waals surface area contributed by atoms with Crippen LogP contribution in [0.2, 0.25) is 5.02 Å². The zero-order chi connectivity index (χ0) is 18.7. The Morgan fingerprint density at radius 3 is 2.69 bits per heavy atom. The third kappa shape index (κ3) is 4.62. The molecule has 0 aliphatic carbocycles. The van der Waals surface area contributed by atoms with Crippen molar-refractivity contribution < 1.29 is 13.2 Å². The molecule has 26 heavy (non-hydrogen) atoms. The van der Waals surface area contributed by atoms with E-state index in [4.69, 9.17) is 11.6 Å². The Bertz CT molecular complexity index is 1060. The normalized spacial score (nSPS) is 11.6. The van der Waals surface area contributed by atoms with Gasteiger partial charge in [0.05, 0.1) is 11.0 Å². The zero-order valence-electron chi connectivity index (χ0n) is 14.1. The lowest BCUT2D eigenvalue weighted by Gasteiger charge is -2.10. The molecule has 0 aliphatic heterocycles. The number of sulfone groups is 1. The minimum absolute atomic E-state index is 0.00800. The summed E-state index contributed by atoms with van der Waals surface area (Å²) >= 11 is 5.94. The summed E-state index contributed by atoms with van der Waals surface area (Å²) in [5.74, 6) is -0.0991. The van der Waals surface area contributed by atoms with Crippen LogP contribution < -0.4 is 5.32 Å². The Kier molecular flexibility index (Phi) is 5.29. The maximum absolute atomic E-state index is 12.4. The second-order valence-corrected chi connectivity index (χ2v) is 8.66. The molecule has 2 aromatic carbocycles. The zero-order valence-corrected chi connectivity index (χ0v) is 15.7. The Morgan fingerprint density at radius 1 is 1.19 bits per heavy atom. The number of benzene rings is 2. The van der Waals surface area contributed by atoms with Crippen molar-refractivity contribution in [3.8, 4) is 0 Å². The molecule has 0 saturated heterocycles. The van der Waals surface area contributed by atoms with E-state index in [2.05, 4.69) is 10.3 Å². The monoisotopic (exact) mass is 391 g/mol. The van der Waals surface area contributed by atoms with E-state index < -0.39 is 9.84 Å². The molecule has 1 heterocycles. The number of carbonyl (C=O) groups is 1. The van der Waals surface area contributed by atoms with Crippen LogP contribution in [0.25, 0.3) is 11.0 Å². The molecule has 0 spiro atoms. The van der Waals surface area contributed by atoms with Crippen LogP contribution in [0.3, 0.4) is 0 Å². The number of nitrogens with zero attached hydrogens (tertiary/aromatic N) is 2. The van der Waals surface area contributed by atoms with E-state index >= 15 is 0 Å². The predicted octanol–water partition coefficient (Wildman–Crippen LogP) is 2.55. The first-order valence-corrected chi connectivity index (χ1v) is 10.4. The highest BCUT2D eigenvalue weighted by Crippen LogP contribution is 2.17. The molecule has 3 rings (SSSR count). The van der Waals surface area contributed by atoms with E-state index in [1.54, 1.807) is 22.8 Å². The molecule has 1 N–H and O–H groups in total. The number of rotatable bonds is 6. The number of para-hydroxylation sites is 2. The number of hydrogen-bond donors (Lipinski definition) is 1. The lowest BCUT2D eigenvalue weighted by molar-refractivity contribution is -0.121. The van der Waals surface area contributed by atoms with Crippen LogP contribution in [0.5, 0.6) is 0 Å². The molecule has 0 atom stereocenters. The van der Waals surface area contributed by atoms with E-state index in [-0.39, 0.29) is 18.2 Å². The van der Waals surface area contributed by atoms with Crippen LogP contribution in [0, 0.1) is 0 Å². The fourth-order valence-corrected chi connectivity index (χ4v) is 3.60. The molecule has 0 fully saturated rings. The molecular weight excluding hydrogens is 374 g/mol. The molecule has 0 unspecified atom stereocenters. The van der Waals surface area contributed by atoms with Crippen LogP contribution in [0.15, 0.2) is 48.5 Å². The highest BCUT2D eigenvalue weighted by atomic mass is 35.5. The summed E-state index contributed by atoms with van der Waals surface area (Å²) in [4.78, 5) is 16.8. The maximum Gasteiger partial charge on any atom is 0.240 e. The van der Waals surface area contributed by atoms with Gasteiger partial charge in [-0.05, 0) is 29.8 Å². The number of fused-ring (bicyclic) bond motifs is 1. The molecule has 0 saturated carbocycles. The first kappa shape index (κ1) is 18.4. The van der Waals surface area contributed by atoms with Crippen molar-refractivity contribution in [2.45, 2.75) is 18.8 Å². The Hall–Kier alpha value is -2.38. The molecule has 136 valence electrons. The predicted molar refractivity (Wildman–Crippen MR) is 102 cm³/mol. The highest BCUT2D eigenvalue weighted by Gasteiger charge is 2.17. The molecule has 3 aromatic rings. The minimum atomic E-state index is -3.27. The van der Waals surface area contributed by atoms with Crippen LogP contribution in [0.4, 0.5) is 0 Å². The van der Waals surface area contributed by atoms with Crippen LogP contribution in [-0.2, 0) is 33.5 Å². The van der Waals surface area contributed by atoms with Crippen molar-refractivity contribution in [1.29, 1.82) is 0 Å². The van der Waals surface area contributed by atoms with Crippen molar-refractivity contribution in [2.75, 3.05) is 6.26 Å². The van der Waals surface area contributed by atoms with Gasteiger partial charge in [-0.2, -0.15) is 0 Å². The van der Waals surface area contributed by atoms with Gasteiger partial charge in [0.15, 0.2) is 9.84 Å². The van der Waals surface area contributed by atoms with Gasteiger partial charge in [0.25, 0.3) is 0 Å². The van der Waals surface area contributed by atoms with Crippen molar-refractivity contribution in [2.24, 2.45) is 0 Å². The number of nitrogens with one attached hydrogen (secondary N) is 1. The SMILES string of the molecule is CS(=O)(=O)Cc1nc2ccccc2n1CC(=O)NCc1cccc(Cl)c1. The molecule has 1 aromatic heterocycles. The summed E-state index contributed by atoms with van der Waals surface area (Å²) in [6.45, 7) is 0.333. The van der Waals surface area contributed by atoms with Crippen LogP contribution in [0.1, 0.15) is 11.4 Å². The average molecular weight is 392 g/mol. The van der Waals surface area contributed by atoms with E-state index in [0.29, 0.717) is 22.9 Å². The van der Waals surface area contributed by atoms with E-state index in [9.17, 15) is 13.2 Å². The third-order valence-electron chi connectivity index (χ3n) is 3.81. The summed E-state index contributed by atoms with van der Waals surface area (Å²) in [6.07, 6.45) is 1.15. The van der Waals surface area contributed by atoms with Crippen molar-refractivity contribution in [3.63, 3.8) is 0 Å². The molecule has 8 heteroatoms. The van der Waals surface area contributed by atoms with E-state index in [0.717, 1.165) is 17.3 Å². The third-order valence-corrected chi connectivity index (χ3v) is 4.82. The van der Waals surface area contributed by atoms with Gasteiger partial charge in [0.2, 0.25) is 5.91 Å². The number of aromatic nitrogens is 2. The summed E-state index contributed by atoms with van der Waals surface area (Å²) < 4.78 is 25.0. The lowest BCUT2D eigenvalue weighted by Crippen LogP contribution is -2.28. The number of halogens is 1. The Balaban J connectivity index is 1.80.